The van der Waals surface area contributed by atoms with Crippen molar-refractivity contribution >= 4 is 17.4 Å². The number of carbonyl (C=O) groups excluding carboxylic acids is 1. The normalized spacial score (nSPS) is 11.0. The van der Waals surface area contributed by atoms with Crippen molar-refractivity contribution in [3.05, 3.63) is 76.3 Å². The molecule has 0 atom stereocenters. The number of nitrogens with zero attached hydrogens (tertiary/aromatic N) is 4. The number of hydrogen-bond acceptors (Lipinski definition) is 6. The van der Waals surface area contributed by atoms with Gasteiger partial charge in [-0.3, -0.25) is 4.79 Å². The Hall–Kier alpha value is -3.94. The molecule has 0 radical (unpaired) electrons. The maximum Gasteiger partial charge on any atom is 0.280 e. The van der Waals surface area contributed by atoms with Crippen molar-refractivity contribution in [2.45, 2.75) is 34.2 Å². The first-order valence-electron chi connectivity index (χ1n) is 9.92. The van der Waals surface area contributed by atoms with E-state index in [4.69, 9.17) is 10.2 Å². The summed E-state index contributed by atoms with van der Waals surface area (Å²) in [5.74, 6) is 0.949. The first kappa shape index (κ1) is 20.3. The highest BCUT2D eigenvalue weighted by molar-refractivity contribution is 6.06. The minimum absolute atomic E-state index is 0.0695. The van der Waals surface area contributed by atoms with E-state index in [-0.39, 0.29) is 18.1 Å². The zero-order valence-corrected chi connectivity index (χ0v) is 17.9. The van der Waals surface area contributed by atoms with Gasteiger partial charge < -0.3 is 15.5 Å². The number of benzene rings is 2. The fourth-order valence-electron chi connectivity index (χ4n) is 3.35. The average molecular weight is 416 g/mol. The molecular weight excluding hydrogens is 392 g/mol. The summed E-state index contributed by atoms with van der Waals surface area (Å²) in [6, 6.07) is 13.7. The van der Waals surface area contributed by atoms with Crippen LogP contribution in [-0.2, 0) is 6.54 Å². The lowest BCUT2D eigenvalue weighted by molar-refractivity contribution is 0.102. The second-order valence-corrected chi connectivity index (χ2v) is 7.64. The number of rotatable bonds is 5. The largest absolute Gasteiger partial charge is 0.441 e. The van der Waals surface area contributed by atoms with Crippen LogP contribution in [0.2, 0.25) is 0 Å². The van der Waals surface area contributed by atoms with E-state index >= 15 is 0 Å². The van der Waals surface area contributed by atoms with Crippen molar-refractivity contribution in [1.29, 1.82) is 0 Å². The summed E-state index contributed by atoms with van der Waals surface area (Å²) in [7, 11) is 0. The molecule has 0 fully saturated rings. The van der Waals surface area contributed by atoms with Crippen LogP contribution in [0.1, 0.15) is 38.6 Å². The molecule has 2 aromatic heterocycles. The fourth-order valence-corrected chi connectivity index (χ4v) is 3.35. The Morgan fingerprint density at radius 3 is 2.61 bits per heavy atom. The lowest BCUT2D eigenvalue weighted by Crippen LogP contribution is -2.16. The Kier molecular flexibility index (Phi) is 5.29. The number of aryl methyl sites for hydroxylation is 4. The van der Waals surface area contributed by atoms with Gasteiger partial charge in [-0.05, 0) is 51.5 Å². The van der Waals surface area contributed by atoms with Crippen LogP contribution in [0.4, 0.5) is 11.5 Å². The second kappa shape index (κ2) is 8.06. The van der Waals surface area contributed by atoms with Gasteiger partial charge in [-0.2, -0.15) is 0 Å². The lowest BCUT2D eigenvalue weighted by atomic mass is 10.1. The van der Waals surface area contributed by atoms with Gasteiger partial charge in [0.05, 0.1) is 6.54 Å². The number of nitrogens with one attached hydrogen (secondary N) is 1. The molecule has 1 amide bonds. The third-order valence-corrected chi connectivity index (χ3v) is 5.08. The van der Waals surface area contributed by atoms with Crippen LogP contribution in [0, 0.1) is 27.7 Å². The molecule has 158 valence electrons. The molecule has 4 rings (SSSR count). The smallest absolute Gasteiger partial charge is 0.280 e. The van der Waals surface area contributed by atoms with Gasteiger partial charge in [0.2, 0.25) is 5.89 Å². The molecule has 31 heavy (non-hydrogen) atoms. The lowest BCUT2D eigenvalue weighted by Gasteiger charge is -2.08. The summed E-state index contributed by atoms with van der Waals surface area (Å²) in [5, 5.41) is 10.9. The van der Waals surface area contributed by atoms with E-state index in [1.54, 1.807) is 0 Å². The number of amides is 1. The van der Waals surface area contributed by atoms with E-state index in [1.165, 1.54) is 4.68 Å². The first-order valence-corrected chi connectivity index (χ1v) is 9.92. The van der Waals surface area contributed by atoms with Gasteiger partial charge >= 0.3 is 0 Å². The standard InChI is InChI=1S/C23H24N6O2/c1-13-6-5-7-17(11-13)23-26-19(16(4)31-23)12-29-21(24)20(27-28-29)22(30)25-18-9-8-14(2)10-15(18)3/h5-11H,12,24H2,1-4H3,(H,25,30). The number of aromatic nitrogens is 4. The van der Waals surface area contributed by atoms with Crippen molar-refractivity contribution in [2.24, 2.45) is 0 Å². The Bertz CT molecular complexity index is 1270. The molecule has 0 spiro atoms. The molecule has 4 aromatic rings. The summed E-state index contributed by atoms with van der Waals surface area (Å²) >= 11 is 0. The summed E-state index contributed by atoms with van der Waals surface area (Å²) < 4.78 is 7.28. The van der Waals surface area contributed by atoms with E-state index in [2.05, 4.69) is 20.6 Å². The molecule has 0 bridgehead atoms. The third-order valence-electron chi connectivity index (χ3n) is 5.08. The predicted molar refractivity (Wildman–Crippen MR) is 119 cm³/mol. The van der Waals surface area contributed by atoms with Crippen LogP contribution < -0.4 is 11.1 Å². The zero-order chi connectivity index (χ0) is 22.1. The number of nitrogens with two attached hydrogens (primary N) is 1. The van der Waals surface area contributed by atoms with Crippen LogP contribution in [0.3, 0.4) is 0 Å². The molecule has 0 aliphatic heterocycles. The summed E-state index contributed by atoms with van der Waals surface area (Å²) in [6.07, 6.45) is 0. The van der Waals surface area contributed by atoms with Crippen molar-refractivity contribution in [2.75, 3.05) is 11.1 Å². The van der Waals surface area contributed by atoms with Crippen LogP contribution in [0.5, 0.6) is 0 Å². The minimum atomic E-state index is -0.409. The summed E-state index contributed by atoms with van der Waals surface area (Å²) in [6.45, 7) is 8.03. The SMILES string of the molecule is Cc1cccc(-c2nc(Cn3nnc(C(=O)Nc4ccc(C)cc4C)c3N)c(C)o2)c1. The van der Waals surface area contributed by atoms with Crippen molar-refractivity contribution in [3.8, 4) is 11.5 Å². The van der Waals surface area contributed by atoms with Gasteiger partial charge in [-0.15, -0.1) is 5.10 Å². The molecule has 0 aliphatic rings. The van der Waals surface area contributed by atoms with Gasteiger partial charge in [-0.25, -0.2) is 9.67 Å². The monoisotopic (exact) mass is 416 g/mol. The maximum absolute atomic E-state index is 12.7. The molecule has 0 aliphatic carbocycles. The highest BCUT2D eigenvalue weighted by Gasteiger charge is 2.20. The highest BCUT2D eigenvalue weighted by atomic mass is 16.4. The molecule has 2 aromatic carbocycles. The van der Waals surface area contributed by atoms with Crippen LogP contribution in [-0.4, -0.2) is 25.9 Å². The van der Waals surface area contributed by atoms with Crippen molar-refractivity contribution in [3.63, 3.8) is 0 Å². The van der Waals surface area contributed by atoms with Gasteiger partial charge in [-0.1, -0.05) is 40.6 Å². The number of hydrogen-bond donors (Lipinski definition) is 2. The van der Waals surface area contributed by atoms with Gasteiger partial charge in [0, 0.05) is 11.3 Å². The molecule has 0 saturated heterocycles. The van der Waals surface area contributed by atoms with E-state index in [1.807, 2.05) is 70.2 Å². The quantitative estimate of drug-likeness (QED) is 0.508. The molecule has 3 N–H and O–H groups in total. The van der Waals surface area contributed by atoms with Gasteiger partial charge in [0.1, 0.15) is 11.5 Å². The number of carbonyl (C=O) groups is 1. The molecule has 0 unspecified atom stereocenters. The van der Waals surface area contributed by atoms with Gasteiger partial charge in [0.15, 0.2) is 11.5 Å². The second-order valence-electron chi connectivity index (χ2n) is 7.64. The fraction of sp³-hybridized carbons (Fsp3) is 0.217. The maximum atomic E-state index is 12.7. The Morgan fingerprint density at radius 1 is 1.10 bits per heavy atom. The molecule has 8 heteroatoms. The van der Waals surface area contributed by atoms with Crippen LogP contribution in [0.15, 0.2) is 46.9 Å². The first-order chi connectivity index (χ1) is 14.8. The highest BCUT2D eigenvalue weighted by Crippen LogP contribution is 2.24. The van der Waals surface area contributed by atoms with Crippen molar-refractivity contribution in [1.82, 2.24) is 20.0 Å². The average Bonchev–Trinajstić information content (AvgIpc) is 3.27. The third kappa shape index (κ3) is 4.18. The van der Waals surface area contributed by atoms with Crippen LogP contribution in [0.25, 0.3) is 11.5 Å². The summed E-state index contributed by atoms with van der Waals surface area (Å²) in [5.41, 5.74) is 11.7. The minimum Gasteiger partial charge on any atom is -0.441 e. The zero-order valence-electron chi connectivity index (χ0n) is 17.9. The van der Waals surface area contributed by atoms with Gasteiger partial charge in [0.25, 0.3) is 5.91 Å². The summed E-state index contributed by atoms with van der Waals surface area (Å²) in [4.78, 5) is 17.3. The van der Waals surface area contributed by atoms with E-state index < -0.39 is 5.91 Å². The van der Waals surface area contributed by atoms with E-state index in [0.29, 0.717) is 23.0 Å². The Balaban J connectivity index is 1.54. The molecule has 2 heterocycles. The molecular formula is C23H24N6O2. The van der Waals surface area contributed by atoms with Crippen molar-refractivity contribution < 1.29 is 9.21 Å². The number of nitrogen functional groups attached to an aromatic ring is 1. The molecule has 0 saturated carbocycles. The Morgan fingerprint density at radius 2 is 1.87 bits per heavy atom. The van der Waals surface area contributed by atoms with E-state index in [0.717, 1.165) is 22.3 Å². The molecule has 8 nitrogen and oxygen atoms in total. The predicted octanol–water partition coefficient (Wildman–Crippen LogP) is 4.05. The number of oxazole rings is 1. The Labute approximate surface area is 180 Å². The van der Waals surface area contributed by atoms with E-state index in [9.17, 15) is 4.79 Å². The topological polar surface area (TPSA) is 112 Å². The number of anilines is 2. The van der Waals surface area contributed by atoms with Crippen LogP contribution >= 0.6 is 0 Å².